The van der Waals surface area contributed by atoms with Crippen LogP contribution in [0.2, 0.25) is 0 Å². The number of aryl methyl sites for hydroxylation is 2. The largest absolute Gasteiger partial charge is 0.496 e. The predicted molar refractivity (Wildman–Crippen MR) is 107 cm³/mol. The van der Waals surface area contributed by atoms with Crippen molar-refractivity contribution in [3.63, 3.8) is 0 Å². The van der Waals surface area contributed by atoms with Crippen LogP contribution in [0.4, 0.5) is 10.8 Å². The van der Waals surface area contributed by atoms with Crippen LogP contribution in [0.15, 0.2) is 41.8 Å². The number of hydrogen-bond acceptors (Lipinski definition) is 5. The van der Waals surface area contributed by atoms with Crippen molar-refractivity contribution < 1.29 is 9.53 Å². The second-order valence-electron chi connectivity index (χ2n) is 6.27. The highest BCUT2D eigenvalue weighted by atomic mass is 32.1. The third-order valence-corrected chi connectivity index (χ3v) is 6.54. The second-order valence-corrected chi connectivity index (χ2v) is 8.33. The van der Waals surface area contributed by atoms with Crippen molar-refractivity contribution in [1.82, 2.24) is 4.98 Å². The first-order chi connectivity index (χ1) is 12.7. The number of benzene rings is 1. The van der Waals surface area contributed by atoms with Crippen LogP contribution in [-0.4, -0.2) is 18.0 Å². The van der Waals surface area contributed by atoms with Crippen LogP contribution >= 0.6 is 22.7 Å². The molecule has 0 saturated carbocycles. The lowest BCUT2D eigenvalue weighted by atomic mass is 10.0. The molecule has 2 aromatic heterocycles. The van der Waals surface area contributed by atoms with Gasteiger partial charge in [-0.1, -0.05) is 18.2 Å². The summed E-state index contributed by atoms with van der Waals surface area (Å²) < 4.78 is 5.24. The summed E-state index contributed by atoms with van der Waals surface area (Å²) in [6.45, 7) is 0. The minimum atomic E-state index is 0.0341. The molecule has 134 valence electrons. The second kappa shape index (κ2) is 7.60. The van der Waals surface area contributed by atoms with E-state index >= 15 is 0 Å². The molecule has 1 aliphatic rings. The van der Waals surface area contributed by atoms with Gasteiger partial charge in [0.25, 0.3) is 0 Å². The molecule has 1 aliphatic carbocycles. The van der Waals surface area contributed by atoms with Crippen molar-refractivity contribution in [2.24, 2.45) is 0 Å². The highest BCUT2D eigenvalue weighted by molar-refractivity contribution is 7.16. The van der Waals surface area contributed by atoms with Gasteiger partial charge < -0.3 is 4.74 Å². The first kappa shape index (κ1) is 17.2. The third-order valence-electron chi connectivity index (χ3n) is 4.48. The zero-order valence-electron chi connectivity index (χ0n) is 14.6. The zero-order chi connectivity index (χ0) is 17.9. The number of nitrogens with zero attached hydrogens (tertiary/aromatic N) is 2. The maximum Gasteiger partial charge on any atom is 0.238 e. The van der Waals surface area contributed by atoms with Crippen LogP contribution in [0.25, 0.3) is 0 Å². The molecule has 0 N–H and O–H groups in total. The SMILES string of the molecule is COc1csc(CC(=O)N(c2ccccc2)c2nc3c(s2)CCCC3)c1. The Kier molecular flexibility index (Phi) is 5.04. The Morgan fingerprint density at radius 1 is 1.23 bits per heavy atom. The lowest BCUT2D eigenvalue weighted by molar-refractivity contribution is -0.117. The number of thiazole rings is 1. The number of anilines is 2. The molecule has 1 amide bonds. The number of carbonyl (C=O) groups is 1. The van der Waals surface area contributed by atoms with E-state index in [4.69, 9.17) is 9.72 Å². The summed E-state index contributed by atoms with van der Waals surface area (Å²) in [4.78, 5) is 22.1. The van der Waals surface area contributed by atoms with Gasteiger partial charge in [-0.25, -0.2) is 4.98 Å². The number of thiophene rings is 1. The number of ether oxygens (including phenoxy) is 1. The number of rotatable bonds is 5. The number of amides is 1. The van der Waals surface area contributed by atoms with Crippen LogP contribution in [-0.2, 0) is 24.1 Å². The fraction of sp³-hybridized carbons (Fsp3) is 0.300. The lowest BCUT2D eigenvalue weighted by Gasteiger charge is -2.19. The van der Waals surface area contributed by atoms with Crippen LogP contribution in [0.5, 0.6) is 5.75 Å². The molecule has 0 atom stereocenters. The molecule has 0 fully saturated rings. The standard InChI is InChI=1S/C20H20N2O2S2/c1-24-15-11-16(25-13-15)12-19(23)22(14-7-3-2-4-8-14)20-21-17-9-5-6-10-18(17)26-20/h2-4,7-8,11,13H,5-6,9-10,12H2,1H3. The van der Waals surface area contributed by atoms with Gasteiger partial charge in [0.2, 0.25) is 5.91 Å². The molecule has 0 saturated heterocycles. The van der Waals surface area contributed by atoms with Crippen LogP contribution in [0.1, 0.15) is 28.3 Å². The molecule has 1 aromatic carbocycles. The molecule has 0 aliphatic heterocycles. The molecular weight excluding hydrogens is 364 g/mol. The Morgan fingerprint density at radius 2 is 2.04 bits per heavy atom. The summed E-state index contributed by atoms with van der Waals surface area (Å²) in [5, 5.41) is 2.72. The van der Waals surface area contributed by atoms with Gasteiger partial charge in [-0.05, 0) is 43.9 Å². The number of fused-ring (bicyclic) bond motifs is 1. The highest BCUT2D eigenvalue weighted by Gasteiger charge is 2.25. The van der Waals surface area contributed by atoms with Gasteiger partial charge in [-0.15, -0.1) is 22.7 Å². The van der Waals surface area contributed by atoms with Gasteiger partial charge in [0, 0.05) is 15.1 Å². The first-order valence-corrected chi connectivity index (χ1v) is 10.4. The van der Waals surface area contributed by atoms with E-state index in [-0.39, 0.29) is 5.91 Å². The number of para-hydroxylation sites is 1. The van der Waals surface area contributed by atoms with Gasteiger partial charge in [0.05, 0.1) is 24.9 Å². The summed E-state index contributed by atoms with van der Waals surface area (Å²) in [6.07, 6.45) is 4.83. The van der Waals surface area contributed by atoms with Crippen molar-refractivity contribution >= 4 is 39.4 Å². The Morgan fingerprint density at radius 3 is 2.77 bits per heavy atom. The molecule has 26 heavy (non-hydrogen) atoms. The van der Waals surface area contributed by atoms with E-state index in [1.54, 1.807) is 34.7 Å². The zero-order valence-corrected chi connectivity index (χ0v) is 16.2. The lowest BCUT2D eigenvalue weighted by Crippen LogP contribution is -2.27. The van der Waals surface area contributed by atoms with E-state index in [2.05, 4.69) is 0 Å². The quantitative estimate of drug-likeness (QED) is 0.622. The summed E-state index contributed by atoms with van der Waals surface area (Å²) in [5.41, 5.74) is 2.04. The van der Waals surface area contributed by atoms with Gasteiger partial charge in [0.1, 0.15) is 5.75 Å². The van der Waals surface area contributed by atoms with E-state index in [1.807, 2.05) is 41.8 Å². The van der Waals surface area contributed by atoms with Gasteiger partial charge in [-0.2, -0.15) is 0 Å². The van der Waals surface area contributed by atoms with Crippen molar-refractivity contribution in [3.8, 4) is 5.75 Å². The molecule has 4 nitrogen and oxygen atoms in total. The van der Waals surface area contributed by atoms with E-state index in [9.17, 15) is 4.79 Å². The van der Waals surface area contributed by atoms with Gasteiger partial charge >= 0.3 is 0 Å². The molecule has 0 unspecified atom stereocenters. The molecule has 0 bridgehead atoms. The fourth-order valence-corrected chi connectivity index (χ4v) is 5.17. The Bertz CT molecular complexity index is 878. The summed E-state index contributed by atoms with van der Waals surface area (Å²) in [7, 11) is 1.64. The van der Waals surface area contributed by atoms with Crippen molar-refractivity contribution in [2.45, 2.75) is 32.1 Å². The van der Waals surface area contributed by atoms with E-state index in [0.717, 1.165) is 34.3 Å². The molecule has 0 radical (unpaired) electrons. The van der Waals surface area contributed by atoms with Crippen molar-refractivity contribution in [3.05, 3.63) is 57.2 Å². The van der Waals surface area contributed by atoms with Crippen LogP contribution < -0.4 is 9.64 Å². The van der Waals surface area contributed by atoms with Crippen molar-refractivity contribution in [2.75, 3.05) is 12.0 Å². The van der Waals surface area contributed by atoms with E-state index < -0.39 is 0 Å². The Labute approximate surface area is 161 Å². The highest BCUT2D eigenvalue weighted by Crippen LogP contribution is 2.36. The topological polar surface area (TPSA) is 42.4 Å². The monoisotopic (exact) mass is 384 g/mol. The predicted octanol–water partition coefficient (Wildman–Crippen LogP) is 5.00. The number of aromatic nitrogens is 1. The van der Waals surface area contributed by atoms with Crippen LogP contribution in [0.3, 0.4) is 0 Å². The maximum absolute atomic E-state index is 13.2. The minimum Gasteiger partial charge on any atom is -0.496 e. The Hall–Kier alpha value is -2.18. The number of carbonyl (C=O) groups excluding carboxylic acids is 1. The molecule has 3 aromatic rings. The number of methoxy groups -OCH3 is 1. The van der Waals surface area contributed by atoms with Crippen LogP contribution in [0, 0.1) is 0 Å². The van der Waals surface area contributed by atoms with Crippen molar-refractivity contribution in [1.29, 1.82) is 0 Å². The summed E-state index contributed by atoms with van der Waals surface area (Å²) >= 11 is 3.21. The average Bonchev–Trinajstić information content (AvgIpc) is 3.29. The first-order valence-electron chi connectivity index (χ1n) is 8.72. The van der Waals surface area contributed by atoms with E-state index in [1.165, 1.54) is 23.4 Å². The van der Waals surface area contributed by atoms with Gasteiger partial charge in [-0.3, -0.25) is 9.69 Å². The summed E-state index contributed by atoms with van der Waals surface area (Å²) in [6, 6.07) is 11.7. The molecule has 2 heterocycles. The smallest absolute Gasteiger partial charge is 0.238 e. The number of hydrogen-bond donors (Lipinski definition) is 0. The maximum atomic E-state index is 13.2. The third kappa shape index (κ3) is 3.52. The fourth-order valence-electron chi connectivity index (χ4n) is 3.16. The minimum absolute atomic E-state index is 0.0341. The van der Waals surface area contributed by atoms with E-state index in [0.29, 0.717) is 6.42 Å². The normalized spacial score (nSPS) is 13.3. The average molecular weight is 385 g/mol. The Balaban J connectivity index is 1.66. The summed E-state index contributed by atoms with van der Waals surface area (Å²) in [5.74, 6) is 0.834. The molecule has 4 rings (SSSR count). The van der Waals surface area contributed by atoms with Gasteiger partial charge in [0.15, 0.2) is 5.13 Å². The molecular formula is C20H20N2O2S2. The molecule has 0 spiro atoms. The molecule has 6 heteroatoms.